The van der Waals surface area contributed by atoms with E-state index in [1.165, 1.54) is 0 Å². The van der Waals surface area contributed by atoms with Crippen LogP contribution in [0.15, 0.2) is 42.7 Å². The Hall–Kier alpha value is -3.22. The van der Waals surface area contributed by atoms with Crippen LogP contribution in [0.25, 0.3) is 10.9 Å². The number of aryl methyl sites for hydroxylation is 1. The highest BCUT2D eigenvalue weighted by Crippen LogP contribution is 2.22. The van der Waals surface area contributed by atoms with Gasteiger partial charge in [0.25, 0.3) is 5.91 Å². The monoisotopic (exact) mass is 377 g/mol. The largest absolute Gasteiger partial charge is 0.478 e. The van der Waals surface area contributed by atoms with E-state index in [0.717, 1.165) is 16.5 Å². The van der Waals surface area contributed by atoms with E-state index in [-0.39, 0.29) is 5.91 Å². The van der Waals surface area contributed by atoms with Crippen molar-refractivity contribution in [2.75, 3.05) is 37.7 Å². The Morgan fingerprint density at radius 3 is 2.68 bits per heavy atom. The minimum absolute atomic E-state index is 0.0272. The molecule has 1 fully saturated rings. The van der Waals surface area contributed by atoms with Gasteiger partial charge in [0.2, 0.25) is 11.8 Å². The Balaban J connectivity index is 1.47. The smallest absolute Gasteiger partial charge is 0.255 e. The van der Waals surface area contributed by atoms with Crippen molar-refractivity contribution in [2.24, 2.45) is 0 Å². The maximum atomic E-state index is 13.1. The van der Waals surface area contributed by atoms with E-state index < -0.39 is 0 Å². The van der Waals surface area contributed by atoms with Crippen molar-refractivity contribution in [3.63, 3.8) is 0 Å². The average molecular weight is 377 g/mol. The zero-order valence-corrected chi connectivity index (χ0v) is 16.1. The summed E-state index contributed by atoms with van der Waals surface area (Å²) in [5.41, 5.74) is 2.56. The molecule has 7 heteroatoms. The second-order valence-corrected chi connectivity index (χ2v) is 6.72. The summed E-state index contributed by atoms with van der Waals surface area (Å²) in [4.78, 5) is 30.3. The molecule has 144 valence electrons. The van der Waals surface area contributed by atoms with E-state index in [4.69, 9.17) is 4.74 Å². The molecule has 0 saturated carbocycles. The molecule has 0 unspecified atom stereocenters. The number of carbonyl (C=O) groups is 1. The fourth-order valence-electron chi connectivity index (χ4n) is 3.49. The van der Waals surface area contributed by atoms with Crippen LogP contribution in [0, 0.1) is 6.92 Å². The van der Waals surface area contributed by atoms with Gasteiger partial charge < -0.3 is 14.5 Å². The predicted molar refractivity (Wildman–Crippen MR) is 108 cm³/mol. The van der Waals surface area contributed by atoms with Gasteiger partial charge in [0.1, 0.15) is 0 Å². The molecule has 1 amide bonds. The third-order valence-electron chi connectivity index (χ3n) is 5.03. The first-order chi connectivity index (χ1) is 13.7. The Bertz CT molecular complexity index is 999. The number of benzene rings is 1. The Morgan fingerprint density at radius 1 is 1.11 bits per heavy atom. The van der Waals surface area contributed by atoms with E-state index in [2.05, 4.69) is 19.9 Å². The first-order valence-electron chi connectivity index (χ1n) is 9.52. The molecule has 0 spiro atoms. The van der Waals surface area contributed by atoms with Crippen LogP contribution in [0.4, 0.5) is 5.95 Å². The van der Waals surface area contributed by atoms with Gasteiger partial charge in [-0.1, -0.05) is 18.2 Å². The van der Waals surface area contributed by atoms with Gasteiger partial charge >= 0.3 is 0 Å². The van der Waals surface area contributed by atoms with Crippen LogP contribution < -0.4 is 9.64 Å². The fraction of sp³-hybridized carbons (Fsp3) is 0.333. The quantitative estimate of drug-likeness (QED) is 0.696. The number of rotatable bonds is 4. The normalized spacial score (nSPS) is 14.4. The lowest BCUT2D eigenvalue weighted by Crippen LogP contribution is -2.49. The number of para-hydroxylation sites is 1. The first-order valence-corrected chi connectivity index (χ1v) is 9.52. The molecule has 1 aromatic carbocycles. The molecule has 3 heterocycles. The molecule has 7 nitrogen and oxygen atoms in total. The SMILES string of the molecule is CCOc1ccnc(N2CCN(C(=O)c3cnc4ccccc4c3C)CC2)n1. The molecule has 4 rings (SSSR count). The molecule has 1 aliphatic rings. The number of fused-ring (bicyclic) bond motifs is 1. The van der Waals surface area contributed by atoms with Crippen LogP contribution in [0.3, 0.4) is 0 Å². The van der Waals surface area contributed by atoms with Gasteiger partial charge in [-0.15, -0.1) is 0 Å². The number of ether oxygens (including phenoxy) is 1. The molecule has 1 aliphatic heterocycles. The lowest BCUT2D eigenvalue weighted by Gasteiger charge is -2.35. The summed E-state index contributed by atoms with van der Waals surface area (Å²) in [6.07, 6.45) is 3.40. The minimum Gasteiger partial charge on any atom is -0.478 e. The Labute approximate surface area is 164 Å². The second-order valence-electron chi connectivity index (χ2n) is 6.72. The van der Waals surface area contributed by atoms with E-state index in [9.17, 15) is 4.79 Å². The summed E-state index contributed by atoms with van der Waals surface area (Å²) in [6.45, 7) is 7.08. The zero-order valence-electron chi connectivity index (χ0n) is 16.1. The number of anilines is 1. The molecular weight excluding hydrogens is 354 g/mol. The molecule has 0 aliphatic carbocycles. The summed E-state index contributed by atoms with van der Waals surface area (Å²) < 4.78 is 5.45. The van der Waals surface area contributed by atoms with Crippen molar-refractivity contribution in [3.05, 3.63) is 53.9 Å². The Morgan fingerprint density at radius 2 is 1.89 bits per heavy atom. The van der Waals surface area contributed by atoms with Crippen LogP contribution in [0.1, 0.15) is 22.8 Å². The molecule has 28 heavy (non-hydrogen) atoms. The second kappa shape index (κ2) is 7.80. The van der Waals surface area contributed by atoms with Crippen LogP contribution in [-0.2, 0) is 0 Å². The fourth-order valence-corrected chi connectivity index (χ4v) is 3.49. The lowest BCUT2D eigenvalue weighted by atomic mass is 10.0. The van der Waals surface area contributed by atoms with E-state index in [1.54, 1.807) is 18.5 Å². The van der Waals surface area contributed by atoms with E-state index in [0.29, 0.717) is 50.2 Å². The zero-order chi connectivity index (χ0) is 19.5. The van der Waals surface area contributed by atoms with Crippen molar-refractivity contribution in [2.45, 2.75) is 13.8 Å². The van der Waals surface area contributed by atoms with Crippen LogP contribution in [0.2, 0.25) is 0 Å². The summed E-state index contributed by atoms with van der Waals surface area (Å²) in [6, 6.07) is 9.65. The van der Waals surface area contributed by atoms with Crippen LogP contribution >= 0.6 is 0 Å². The van der Waals surface area contributed by atoms with Gasteiger partial charge in [0, 0.05) is 50.0 Å². The maximum Gasteiger partial charge on any atom is 0.255 e. The molecule has 0 N–H and O–H groups in total. The topological polar surface area (TPSA) is 71.5 Å². The van der Waals surface area contributed by atoms with E-state index in [1.807, 2.05) is 43.0 Å². The van der Waals surface area contributed by atoms with Gasteiger partial charge in [-0.05, 0) is 25.5 Å². The standard InChI is InChI=1S/C21H23N5O2/c1-3-28-19-8-9-22-21(24-19)26-12-10-25(11-13-26)20(27)17-14-23-18-7-5-4-6-16(18)15(17)2/h4-9,14H,3,10-13H2,1-2H3. The average Bonchev–Trinajstić information content (AvgIpc) is 2.74. The number of amides is 1. The van der Waals surface area contributed by atoms with Crippen molar-refractivity contribution in [1.82, 2.24) is 19.9 Å². The number of hydrogen-bond acceptors (Lipinski definition) is 6. The first kappa shape index (κ1) is 18.2. The van der Waals surface area contributed by atoms with Crippen LogP contribution in [-0.4, -0.2) is 58.5 Å². The molecule has 0 atom stereocenters. The number of aromatic nitrogens is 3. The lowest BCUT2D eigenvalue weighted by molar-refractivity contribution is 0.0745. The molecule has 0 radical (unpaired) electrons. The third-order valence-corrected chi connectivity index (χ3v) is 5.03. The summed E-state index contributed by atoms with van der Waals surface area (Å²) in [5.74, 6) is 1.24. The van der Waals surface area contributed by atoms with Crippen molar-refractivity contribution in [1.29, 1.82) is 0 Å². The maximum absolute atomic E-state index is 13.1. The summed E-state index contributed by atoms with van der Waals surface area (Å²) in [5, 5.41) is 1.02. The number of carbonyl (C=O) groups excluding carboxylic acids is 1. The molecule has 1 saturated heterocycles. The third kappa shape index (κ3) is 3.47. The predicted octanol–water partition coefficient (Wildman–Crippen LogP) is 2.69. The molecule has 0 bridgehead atoms. The highest BCUT2D eigenvalue weighted by molar-refractivity contribution is 6.00. The molecule has 2 aromatic heterocycles. The highest BCUT2D eigenvalue weighted by atomic mass is 16.5. The number of nitrogens with zero attached hydrogens (tertiary/aromatic N) is 5. The van der Waals surface area contributed by atoms with Crippen molar-refractivity contribution in [3.8, 4) is 5.88 Å². The molecule has 3 aromatic rings. The number of hydrogen-bond donors (Lipinski definition) is 0. The van der Waals surface area contributed by atoms with Crippen molar-refractivity contribution < 1.29 is 9.53 Å². The van der Waals surface area contributed by atoms with Crippen molar-refractivity contribution >= 4 is 22.8 Å². The van der Waals surface area contributed by atoms with Gasteiger partial charge in [-0.2, -0.15) is 4.98 Å². The Kier molecular flexibility index (Phi) is 5.06. The summed E-state index contributed by atoms with van der Waals surface area (Å²) in [7, 11) is 0. The summed E-state index contributed by atoms with van der Waals surface area (Å²) >= 11 is 0. The molecular formula is C21H23N5O2. The highest BCUT2D eigenvalue weighted by Gasteiger charge is 2.25. The number of pyridine rings is 1. The van der Waals surface area contributed by atoms with Gasteiger partial charge in [-0.25, -0.2) is 4.98 Å². The number of piperazine rings is 1. The van der Waals surface area contributed by atoms with Gasteiger partial charge in [-0.3, -0.25) is 9.78 Å². The van der Waals surface area contributed by atoms with E-state index >= 15 is 0 Å². The van der Waals surface area contributed by atoms with Gasteiger partial charge in [0.05, 0.1) is 17.7 Å². The van der Waals surface area contributed by atoms with Gasteiger partial charge in [0.15, 0.2) is 0 Å². The van der Waals surface area contributed by atoms with Crippen LogP contribution in [0.5, 0.6) is 5.88 Å². The minimum atomic E-state index is 0.0272.